The summed E-state index contributed by atoms with van der Waals surface area (Å²) in [5.41, 5.74) is 6.40. The second-order valence-electron chi connectivity index (χ2n) is 4.05. The summed E-state index contributed by atoms with van der Waals surface area (Å²) in [6.45, 7) is 0. The number of carbonyl (C=O) groups is 1. The van der Waals surface area contributed by atoms with Crippen LogP contribution in [-0.2, 0) is 4.79 Å². The van der Waals surface area contributed by atoms with E-state index in [0.29, 0.717) is 17.3 Å². The monoisotopic (exact) mass is 249 g/mol. The molecular formula is C11H11N3O2S. The van der Waals surface area contributed by atoms with Crippen molar-refractivity contribution in [1.82, 2.24) is 4.90 Å². The van der Waals surface area contributed by atoms with Gasteiger partial charge in [-0.25, -0.2) is 0 Å². The van der Waals surface area contributed by atoms with Gasteiger partial charge in [-0.2, -0.15) is 4.57 Å². The van der Waals surface area contributed by atoms with Crippen LogP contribution in [0.1, 0.15) is 0 Å². The zero-order valence-corrected chi connectivity index (χ0v) is 9.81. The first-order valence-electron chi connectivity index (χ1n) is 5.25. The summed E-state index contributed by atoms with van der Waals surface area (Å²) in [4.78, 5) is 13.7. The summed E-state index contributed by atoms with van der Waals surface area (Å²) in [6, 6.07) is 3.16. The fourth-order valence-corrected chi connectivity index (χ4v) is 3.28. The van der Waals surface area contributed by atoms with Crippen LogP contribution in [0.15, 0.2) is 30.3 Å². The number of aromatic nitrogens is 1. The lowest BCUT2D eigenvalue weighted by Gasteiger charge is -2.17. The largest absolute Gasteiger partial charge is 0.869 e. The van der Waals surface area contributed by atoms with Crippen molar-refractivity contribution in [2.24, 2.45) is 0 Å². The number of nitrogens with two attached hydrogens (primary N) is 1. The molecule has 3 heterocycles. The van der Waals surface area contributed by atoms with E-state index >= 15 is 0 Å². The number of fused-ring (bicyclic) bond motifs is 1. The highest BCUT2D eigenvalue weighted by atomic mass is 32.2. The van der Waals surface area contributed by atoms with Crippen LogP contribution < -0.4 is 15.4 Å². The molecule has 1 saturated heterocycles. The molecule has 0 radical (unpaired) electrons. The maximum atomic E-state index is 12.1. The van der Waals surface area contributed by atoms with Gasteiger partial charge in [0.25, 0.3) is 5.70 Å². The average Bonchev–Trinajstić information content (AvgIpc) is 2.84. The van der Waals surface area contributed by atoms with Crippen molar-refractivity contribution in [3.63, 3.8) is 0 Å². The van der Waals surface area contributed by atoms with Gasteiger partial charge < -0.3 is 15.7 Å². The first-order valence-corrected chi connectivity index (χ1v) is 6.41. The Bertz CT molecular complexity index is 529. The molecule has 1 aromatic heterocycles. The minimum absolute atomic E-state index is 0.101. The Labute approximate surface area is 103 Å². The number of thioether (sulfide) groups is 1. The highest BCUT2D eigenvalue weighted by Gasteiger charge is 2.43. The van der Waals surface area contributed by atoms with Crippen molar-refractivity contribution in [3.8, 4) is 0 Å². The molecule has 1 unspecified atom stereocenters. The van der Waals surface area contributed by atoms with Gasteiger partial charge in [0.15, 0.2) is 12.4 Å². The van der Waals surface area contributed by atoms with Gasteiger partial charge in [0.05, 0.1) is 17.6 Å². The predicted molar refractivity (Wildman–Crippen MR) is 62.2 cm³/mol. The van der Waals surface area contributed by atoms with E-state index in [1.807, 2.05) is 0 Å². The van der Waals surface area contributed by atoms with Crippen molar-refractivity contribution >= 4 is 29.1 Å². The van der Waals surface area contributed by atoms with Gasteiger partial charge in [0.1, 0.15) is 0 Å². The zero-order chi connectivity index (χ0) is 12.0. The molecular weight excluding hydrogens is 238 g/mol. The molecule has 1 atom stereocenters. The highest BCUT2D eigenvalue weighted by Crippen LogP contribution is 2.32. The molecule has 5 nitrogen and oxygen atoms in total. The summed E-state index contributed by atoms with van der Waals surface area (Å²) in [7, 11) is 0. The zero-order valence-electron chi connectivity index (χ0n) is 9.00. The number of amides is 1. The summed E-state index contributed by atoms with van der Waals surface area (Å²) < 4.78 is 1.53. The second kappa shape index (κ2) is 3.66. The van der Waals surface area contributed by atoms with E-state index in [1.54, 1.807) is 41.2 Å². The minimum atomic E-state index is -0.281. The Morgan fingerprint density at radius 3 is 3.12 bits per heavy atom. The molecule has 1 aromatic rings. The Kier molecular flexibility index (Phi) is 2.25. The van der Waals surface area contributed by atoms with Crippen molar-refractivity contribution in [2.45, 2.75) is 6.04 Å². The van der Waals surface area contributed by atoms with Gasteiger partial charge in [0, 0.05) is 11.8 Å². The van der Waals surface area contributed by atoms with Gasteiger partial charge in [-0.05, 0) is 11.8 Å². The first kappa shape index (κ1) is 10.5. The highest BCUT2D eigenvalue weighted by molar-refractivity contribution is 7.99. The van der Waals surface area contributed by atoms with Crippen molar-refractivity contribution in [3.05, 3.63) is 30.3 Å². The SMILES string of the molecule is Nc1ccc[n+](C2=C([O-])C3CSCN3C2=O)c1. The summed E-state index contributed by atoms with van der Waals surface area (Å²) >= 11 is 1.61. The fraction of sp³-hybridized carbons (Fsp3) is 0.273. The molecule has 0 aliphatic carbocycles. The molecule has 88 valence electrons. The number of pyridine rings is 1. The molecule has 6 heteroatoms. The summed E-state index contributed by atoms with van der Waals surface area (Å²) in [6.07, 6.45) is 3.28. The van der Waals surface area contributed by atoms with Crippen LogP contribution in [0, 0.1) is 0 Å². The third-order valence-electron chi connectivity index (χ3n) is 2.96. The van der Waals surface area contributed by atoms with Crippen molar-refractivity contribution < 1.29 is 14.5 Å². The number of nitrogens with zero attached hydrogens (tertiary/aromatic N) is 2. The molecule has 2 N–H and O–H groups in total. The van der Waals surface area contributed by atoms with Crippen LogP contribution in [0.3, 0.4) is 0 Å². The molecule has 1 fully saturated rings. The topological polar surface area (TPSA) is 73.3 Å². The van der Waals surface area contributed by atoms with E-state index in [2.05, 4.69) is 0 Å². The minimum Gasteiger partial charge on any atom is -0.869 e. The third kappa shape index (κ3) is 1.48. The van der Waals surface area contributed by atoms with E-state index in [9.17, 15) is 9.90 Å². The van der Waals surface area contributed by atoms with Crippen LogP contribution in [0.2, 0.25) is 0 Å². The van der Waals surface area contributed by atoms with Crippen LogP contribution in [0.5, 0.6) is 0 Å². The summed E-state index contributed by atoms with van der Waals surface area (Å²) in [5, 5.41) is 12.1. The molecule has 17 heavy (non-hydrogen) atoms. The van der Waals surface area contributed by atoms with Crippen LogP contribution in [-0.4, -0.2) is 28.5 Å². The second-order valence-corrected chi connectivity index (χ2v) is 5.05. The Balaban J connectivity index is 2.08. The number of anilines is 1. The Hall–Kier alpha value is -1.69. The molecule has 2 aliphatic heterocycles. The lowest BCUT2D eigenvalue weighted by Crippen LogP contribution is -2.39. The molecule has 0 aromatic carbocycles. The molecule has 3 rings (SSSR count). The van der Waals surface area contributed by atoms with E-state index in [-0.39, 0.29) is 23.4 Å². The lowest BCUT2D eigenvalue weighted by atomic mass is 10.3. The predicted octanol–water partition coefficient (Wildman–Crippen LogP) is -1.000. The van der Waals surface area contributed by atoms with Crippen molar-refractivity contribution in [1.29, 1.82) is 0 Å². The van der Waals surface area contributed by atoms with E-state index < -0.39 is 0 Å². The fourth-order valence-electron chi connectivity index (χ4n) is 2.13. The number of nitrogen functional groups attached to an aromatic ring is 1. The number of rotatable bonds is 1. The van der Waals surface area contributed by atoms with Gasteiger partial charge >= 0.3 is 5.91 Å². The first-order chi connectivity index (χ1) is 8.18. The van der Waals surface area contributed by atoms with Crippen LogP contribution in [0.4, 0.5) is 5.69 Å². The Morgan fingerprint density at radius 1 is 1.59 bits per heavy atom. The molecule has 2 aliphatic rings. The van der Waals surface area contributed by atoms with Gasteiger partial charge in [-0.3, -0.25) is 4.79 Å². The Morgan fingerprint density at radius 2 is 2.41 bits per heavy atom. The molecule has 0 saturated carbocycles. The van der Waals surface area contributed by atoms with E-state index in [0.717, 1.165) is 0 Å². The van der Waals surface area contributed by atoms with Crippen LogP contribution in [0.25, 0.3) is 5.70 Å². The van der Waals surface area contributed by atoms with Crippen molar-refractivity contribution in [2.75, 3.05) is 17.4 Å². The smallest absolute Gasteiger partial charge is 0.319 e. The standard InChI is InChI=1S/C11H11N3O2S/c12-7-2-1-3-13(4-7)9-10(15)8-5-17-6-14(8)11(9)16/h1-4,8H,5-6,12H2. The maximum Gasteiger partial charge on any atom is 0.319 e. The van der Waals surface area contributed by atoms with Gasteiger partial charge in [-0.15, -0.1) is 11.8 Å². The van der Waals surface area contributed by atoms with E-state index in [1.165, 1.54) is 4.57 Å². The van der Waals surface area contributed by atoms with Gasteiger partial charge in [-0.1, -0.05) is 0 Å². The normalized spacial score (nSPS) is 23.4. The maximum absolute atomic E-state index is 12.1. The molecule has 0 bridgehead atoms. The lowest BCUT2D eigenvalue weighted by molar-refractivity contribution is -0.581. The third-order valence-corrected chi connectivity index (χ3v) is 3.98. The van der Waals surface area contributed by atoms with E-state index in [4.69, 9.17) is 5.73 Å². The molecule has 0 spiro atoms. The quantitative estimate of drug-likeness (QED) is 0.648. The summed E-state index contributed by atoms with van der Waals surface area (Å²) in [5.74, 6) is 0.995. The number of hydrogen-bond donors (Lipinski definition) is 1. The van der Waals surface area contributed by atoms with Gasteiger partial charge in [0.2, 0.25) is 0 Å². The molecule has 1 amide bonds. The average molecular weight is 249 g/mol. The number of carbonyl (C=O) groups excluding carboxylic acids is 1. The number of hydrogen-bond acceptors (Lipinski definition) is 4. The van der Waals surface area contributed by atoms with Crippen LogP contribution >= 0.6 is 11.8 Å².